The van der Waals surface area contributed by atoms with E-state index in [1.807, 2.05) is 0 Å². The molecule has 6 atom stereocenters. The van der Waals surface area contributed by atoms with Crippen LogP contribution in [0.3, 0.4) is 0 Å². The minimum atomic E-state index is -1.54. The largest absolute Gasteiger partial charge is 0.394 e. The molecule has 0 aromatic carbocycles. The molecule has 1 aliphatic heterocycles. The molecule has 0 bridgehead atoms. The first-order chi connectivity index (χ1) is 25.7. The highest BCUT2D eigenvalue weighted by molar-refractivity contribution is 5.87. The fourth-order valence-electron chi connectivity index (χ4n) is 7.41. The lowest BCUT2D eigenvalue weighted by molar-refractivity contribution is -0.231. The van der Waals surface area contributed by atoms with E-state index < -0.39 is 61.5 Å². The van der Waals surface area contributed by atoms with Gasteiger partial charge in [-0.1, -0.05) is 174 Å². The van der Waals surface area contributed by atoms with E-state index in [1.165, 1.54) is 122 Å². The van der Waals surface area contributed by atoms with E-state index in [4.69, 9.17) is 16.2 Å². The van der Waals surface area contributed by atoms with Gasteiger partial charge in [-0.25, -0.2) is 0 Å². The van der Waals surface area contributed by atoms with Crippen LogP contribution in [-0.2, 0) is 19.1 Å². The Morgan fingerprint density at radius 2 is 1.04 bits per heavy atom. The van der Waals surface area contributed by atoms with Crippen molar-refractivity contribution in [3.05, 3.63) is 0 Å². The quantitative estimate of drug-likeness (QED) is 0.0377. The predicted molar refractivity (Wildman–Crippen MR) is 214 cm³/mol. The number of nitrogens with zero attached hydrogens (tertiary/aromatic N) is 1. The smallest absolute Gasteiger partial charge is 0.237 e. The molecule has 8 N–H and O–H groups in total. The van der Waals surface area contributed by atoms with Crippen LogP contribution in [0.15, 0.2) is 0 Å². The van der Waals surface area contributed by atoms with Gasteiger partial charge in [-0.05, 0) is 12.8 Å². The van der Waals surface area contributed by atoms with Crippen molar-refractivity contribution in [2.24, 2.45) is 11.5 Å². The number of carbonyl (C=O) groups is 3. The minimum Gasteiger partial charge on any atom is -0.394 e. The third kappa shape index (κ3) is 23.0. The van der Waals surface area contributed by atoms with E-state index in [1.54, 1.807) is 4.90 Å². The average Bonchev–Trinajstić information content (AvgIpc) is 3.13. The van der Waals surface area contributed by atoms with Gasteiger partial charge in [0, 0.05) is 13.0 Å². The summed E-state index contributed by atoms with van der Waals surface area (Å²) in [4.78, 5) is 39.8. The van der Waals surface area contributed by atoms with E-state index in [2.05, 4.69) is 19.2 Å². The fourth-order valence-corrected chi connectivity index (χ4v) is 7.41. The first-order valence-electron chi connectivity index (χ1n) is 21.9. The van der Waals surface area contributed by atoms with E-state index in [-0.39, 0.29) is 5.91 Å². The van der Waals surface area contributed by atoms with E-state index in [9.17, 15) is 29.7 Å². The van der Waals surface area contributed by atoms with E-state index >= 15 is 0 Å². The van der Waals surface area contributed by atoms with Gasteiger partial charge in [0.15, 0.2) is 6.23 Å². The highest BCUT2D eigenvalue weighted by atomic mass is 16.5. The maximum absolute atomic E-state index is 13.8. The summed E-state index contributed by atoms with van der Waals surface area (Å²) in [5, 5.41) is 34.4. The lowest BCUT2D eigenvalue weighted by atomic mass is 9.94. The first kappa shape index (κ1) is 49.2. The Morgan fingerprint density at radius 3 is 1.43 bits per heavy atom. The summed E-state index contributed by atoms with van der Waals surface area (Å²) in [5.74, 6) is -1.66. The summed E-state index contributed by atoms with van der Waals surface area (Å²) < 4.78 is 6.06. The first-order valence-corrected chi connectivity index (χ1v) is 21.9. The number of nitrogens with two attached hydrogens (primary N) is 2. The molecule has 11 nitrogen and oxygen atoms in total. The fraction of sp³-hybridized carbons (Fsp3) is 0.929. The van der Waals surface area contributed by atoms with Gasteiger partial charge < -0.3 is 41.7 Å². The number of nitrogens with one attached hydrogen (secondary N) is 1. The van der Waals surface area contributed by atoms with Crippen molar-refractivity contribution >= 4 is 17.7 Å². The molecule has 0 saturated carbocycles. The Bertz CT molecular complexity index is 926. The predicted octanol–water partition coefficient (Wildman–Crippen LogP) is 6.90. The lowest BCUT2D eigenvalue weighted by Gasteiger charge is -2.47. The van der Waals surface area contributed by atoms with Crippen molar-refractivity contribution in [1.29, 1.82) is 0 Å². The van der Waals surface area contributed by atoms with Gasteiger partial charge in [-0.2, -0.15) is 0 Å². The molecule has 1 saturated heterocycles. The number of ether oxygens (including phenoxy) is 1. The number of primary amides is 1. The molecule has 1 aliphatic rings. The van der Waals surface area contributed by atoms with Crippen LogP contribution in [-0.4, -0.2) is 87.7 Å². The Labute approximate surface area is 323 Å². The highest BCUT2D eigenvalue weighted by Gasteiger charge is 2.48. The molecule has 0 radical (unpaired) electrons. The summed E-state index contributed by atoms with van der Waals surface area (Å²) in [6.07, 6.45) is 27.1. The second kappa shape index (κ2) is 32.5. The highest BCUT2D eigenvalue weighted by Crippen LogP contribution is 2.26. The summed E-state index contributed by atoms with van der Waals surface area (Å²) in [5.41, 5.74) is 11.1. The Balaban J connectivity index is 2.70. The van der Waals surface area contributed by atoms with E-state index in [0.717, 1.165) is 38.5 Å². The molecule has 0 spiro atoms. The number of hydrogen-bond acceptors (Lipinski definition) is 8. The maximum atomic E-state index is 13.8. The number of hydrogen-bond donors (Lipinski definition) is 6. The molecule has 1 heterocycles. The minimum absolute atomic E-state index is 0.159. The number of rotatable bonds is 35. The Hall–Kier alpha value is -1.79. The normalized spacial score (nSPS) is 20.7. The summed E-state index contributed by atoms with van der Waals surface area (Å²) in [6.45, 7) is 4.27. The van der Waals surface area contributed by atoms with Crippen molar-refractivity contribution in [2.75, 3.05) is 13.2 Å². The summed E-state index contributed by atoms with van der Waals surface area (Å²) in [7, 11) is 0. The van der Waals surface area contributed by atoms with Crippen molar-refractivity contribution in [2.45, 2.75) is 237 Å². The molecule has 1 rings (SSSR count). The molecular formula is C42H82N4O7. The van der Waals surface area contributed by atoms with Crippen molar-refractivity contribution in [3.8, 4) is 0 Å². The molecule has 0 aromatic heterocycles. The van der Waals surface area contributed by atoms with Gasteiger partial charge >= 0.3 is 0 Å². The molecule has 0 unspecified atom stereocenters. The second-order valence-electron chi connectivity index (χ2n) is 15.7. The maximum Gasteiger partial charge on any atom is 0.237 e. The Kier molecular flexibility index (Phi) is 30.1. The van der Waals surface area contributed by atoms with Crippen LogP contribution in [0.25, 0.3) is 0 Å². The zero-order valence-corrected chi connectivity index (χ0v) is 34.0. The van der Waals surface area contributed by atoms with Crippen LogP contribution in [0, 0.1) is 0 Å². The monoisotopic (exact) mass is 755 g/mol. The van der Waals surface area contributed by atoms with Crippen molar-refractivity contribution < 1.29 is 34.4 Å². The summed E-state index contributed by atoms with van der Waals surface area (Å²) in [6, 6.07) is -2.49. The number of aliphatic hydroxyl groups excluding tert-OH is 3. The molecule has 3 amide bonds. The lowest BCUT2D eigenvalue weighted by Crippen LogP contribution is -2.69. The molecule has 53 heavy (non-hydrogen) atoms. The summed E-state index contributed by atoms with van der Waals surface area (Å²) >= 11 is 0. The zero-order chi connectivity index (χ0) is 39.1. The average molecular weight is 755 g/mol. The molecule has 0 aromatic rings. The third-order valence-electron chi connectivity index (χ3n) is 10.8. The van der Waals surface area contributed by atoms with Crippen molar-refractivity contribution in [1.82, 2.24) is 10.2 Å². The SMILES string of the molecule is CCCCCCCCCCCCCCCCCC(=O)N(CCCCCCCCCCCCCC)[C@@H]1O[C@H](CO)[C@@H](O)[C@H](O)[C@H]1NC(=O)[C@@H](N)CC(N)=O. The standard InChI is InChI=1S/C42H82N4O7/c1-3-5-7-9-11-13-15-17-18-19-20-22-24-26-28-30-37(49)46(31-29-27-25-23-21-16-14-12-10-8-6-4-2)42-38(40(51)39(50)35(33-47)53-42)45-41(52)34(43)32-36(44)48/h34-35,38-40,42,47,50-51H,3-33,43H2,1-2H3,(H2,44,48)(H,45,52)/t34-,35+,38+,39+,40+,42+/m0/s1. The molecular weight excluding hydrogens is 672 g/mol. The molecule has 11 heteroatoms. The molecule has 0 aliphatic carbocycles. The van der Waals surface area contributed by atoms with Crippen molar-refractivity contribution in [3.63, 3.8) is 0 Å². The van der Waals surface area contributed by atoms with Gasteiger partial charge in [0.05, 0.1) is 19.1 Å². The van der Waals surface area contributed by atoms with Crippen LogP contribution in [0.4, 0.5) is 0 Å². The van der Waals surface area contributed by atoms with E-state index in [0.29, 0.717) is 25.8 Å². The van der Waals surface area contributed by atoms with Crippen LogP contribution in [0.2, 0.25) is 0 Å². The Morgan fingerprint density at radius 1 is 0.642 bits per heavy atom. The topological polar surface area (TPSA) is 188 Å². The molecule has 1 fully saturated rings. The second-order valence-corrected chi connectivity index (χ2v) is 15.7. The van der Waals surface area contributed by atoms with Gasteiger partial charge in [-0.3, -0.25) is 14.4 Å². The van der Waals surface area contributed by atoms with Crippen LogP contribution >= 0.6 is 0 Å². The van der Waals surface area contributed by atoms with Gasteiger partial charge in [0.2, 0.25) is 17.7 Å². The number of aliphatic hydroxyl groups is 3. The zero-order valence-electron chi connectivity index (χ0n) is 34.0. The van der Waals surface area contributed by atoms with Crippen LogP contribution in [0.1, 0.15) is 200 Å². The third-order valence-corrected chi connectivity index (χ3v) is 10.8. The molecule has 312 valence electrons. The van der Waals surface area contributed by atoms with Crippen LogP contribution in [0.5, 0.6) is 0 Å². The van der Waals surface area contributed by atoms with Crippen LogP contribution < -0.4 is 16.8 Å². The van der Waals surface area contributed by atoms with Gasteiger partial charge in [0.25, 0.3) is 0 Å². The van der Waals surface area contributed by atoms with Gasteiger partial charge in [0.1, 0.15) is 24.4 Å². The van der Waals surface area contributed by atoms with Gasteiger partial charge in [-0.15, -0.1) is 0 Å². The number of unbranched alkanes of at least 4 members (excludes halogenated alkanes) is 25. The number of carbonyl (C=O) groups excluding carboxylic acids is 3. The number of amides is 3.